The van der Waals surface area contributed by atoms with Crippen LogP contribution in [0, 0.1) is 0 Å². The van der Waals surface area contributed by atoms with E-state index in [1.54, 1.807) is 36.4 Å². The van der Waals surface area contributed by atoms with Gasteiger partial charge in [-0.1, -0.05) is 35.3 Å². The highest BCUT2D eigenvalue weighted by molar-refractivity contribution is 6.32. The van der Waals surface area contributed by atoms with Crippen molar-refractivity contribution >= 4 is 40.7 Å². The first-order valence-corrected chi connectivity index (χ1v) is 7.33. The third-order valence-electron chi connectivity index (χ3n) is 3.10. The number of nitrogen functional groups attached to an aromatic ring is 1. The molecule has 0 unspecified atom stereocenters. The van der Waals surface area contributed by atoms with Crippen molar-refractivity contribution in [2.75, 3.05) is 11.1 Å². The van der Waals surface area contributed by atoms with Crippen LogP contribution in [-0.2, 0) is 0 Å². The van der Waals surface area contributed by atoms with Crippen molar-refractivity contribution in [3.63, 3.8) is 0 Å². The van der Waals surface area contributed by atoms with Gasteiger partial charge in [0, 0.05) is 6.20 Å². The van der Waals surface area contributed by atoms with E-state index >= 15 is 0 Å². The molecule has 116 valence electrons. The van der Waals surface area contributed by atoms with Crippen LogP contribution in [0.1, 0.15) is 10.4 Å². The number of anilines is 2. The van der Waals surface area contributed by atoms with Gasteiger partial charge in [0.25, 0.3) is 5.91 Å². The molecule has 2 aromatic heterocycles. The van der Waals surface area contributed by atoms with Gasteiger partial charge in [0.05, 0.1) is 21.9 Å². The van der Waals surface area contributed by atoms with Crippen molar-refractivity contribution in [1.82, 2.24) is 14.8 Å². The van der Waals surface area contributed by atoms with Gasteiger partial charge in [-0.25, -0.2) is 9.67 Å². The molecule has 8 heteroatoms. The number of pyridine rings is 1. The molecule has 6 nitrogen and oxygen atoms in total. The van der Waals surface area contributed by atoms with Crippen LogP contribution in [0.4, 0.5) is 11.6 Å². The van der Waals surface area contributed by atoms with E-state index in [2.05, 4.69) is 15.4 Å². The minimum absolute atomic E-state index is 0.185. The Morgan fingerprint density at radius 1 is 1.13 bits per heavy atom. The lowest BCUT2D eigenvalue weighted by molar-refractivity contribution is 0.102. The van der Waals surface area contributed by atoms with Crippen LogP contribution in [0.3, 0.4) is 0 Å². The van der Waals surface area contributed by atoms with Crippen molar-refractivity contribution in [2.45, 2.75) is 0 Å². The fraction of sp³-hybridized carbons (Fsp3) is 0. The molecule has 3 N–H and O–H groups in total. The van der Waals surface area contributed by atoms with E-state index in [0.717, 1.165) is 0 Å². The molecular formula is C15H11Cl2N5O. The van der Waals surface area contributed by atoms with Crippen molar-refractivity contribution in [1.29, 1.82) is 0 Å². The van der Waals surface area contributed by atoms with E-state index < -0.39 is 5.91 Å². The van der Waals surface area contributed by atoms with Gasteiger partial charge in [-0.3, -0.25) is 4.79 Å². The third kappa shape index (κ3) is 3.13. The second-order valence-electron chi connectivity index (χ2n) is 4.62. The van der Waals surface area contributed by atoms with E-state index in [4.69, 9.17) is 28.9 Å². The van der Waals surface area contributed by atoms with Crippen LogP contribution in [0.5, 0.6) is 0 Å². The molecule has 0 saturated heterocycles. The summed E-state index contributed by atoms with van der Waals surface area (Å²) in [6.07, 6.45) is 2.82. The normalized spacial score (nSPS) is 10.5. The van der Waals surface area contributed by atoms with Gasteiger partial charge in [0.15, 0.2) is 0 Å². The van der Waals surface area contributed by atoms with Gasteiger partial charge in [-0.2, -0.15) is 5.10 Å². The van der Waals surface area contributed by atoms with Crippen molar-refractivity contribution in [3.05, 3.63) is 64.4 Å². The lowest BCUT2D eigenvalue weighted by atomic mass is 10.3. The predicted molar refractivity (Wildman–Crippen MR) is 90.2 cm³/mol. The molecule has 1 amide bonds. The SMILES string of the molecule is Nc1c(C(=O)Nc2ccc(Cl)cn2)cnn1-c1ccccc1Cl. The largest absolute Gasteiger partial charge is 0.383 e. The second-order valence-corrected chi connectivity index (χ2v) is 5.47. The maximum absolute atomic E-state index is 12.3. The number of para-hydroxylation sites is 1. The summed E-state index contributed by atoms with van der Waals surface area (Å²) in [7, 11) is 0. The zero-order chi connectivity index (χ0) is 16.4. The van der Waals surface area contributed by atoms with Crippen LogP contribution in [0.15, 0.2) is 48.8 Å². The average molecular weight is 348 g/mol. The summed E-state index contributed by atoms with van der Waals surface area (Å²) in [6.45, 7) is 0. The third-order valence-corrected chi connectivity index (χ3v) is 3.64. The summed E-state index contributed by atoms with van der Waals surface area (Å²) in [6, 6.07) is 10.3. The first kappa shape index (κ1) is 15.3. The highest BCUT2D eigenvalue weighted by Gasteiger charge is 2.17. The molecule has 2 heterocycles. The molecule has 0 aliphatic rings. The van der Waals surface area contributed by atoms with Gasteiger partial charge in [0.2, 0.25) is 0 Å². The number of benzene rings is 1. The van der Waals surface area contributed by atoms with Gasteiger partial charge in [-0.15, -0.1) is 0 Å². The summed E-state index contributed by atoms with van der Waals surface area (Å²) in [5.41, 5.74) is 6.84. The van der Waals surface area contributed by atoms with Gasteiger partial charge in [-0.05, 0) is 24.3 Å². The molecule has 23 heavy (non-hydrogen) atoms. The van der Waals surface area contributed by atoms with Crippen LogP contribution in [-0.4, -0.2) is 20.7 Å². The van der Waals surface area contributed by atoms with Crippen LogP contribution < -0.4 is 11.1 Å². The van der Waals surface area contributed by atoms with Crippen molar-refractivity contribution < 1.29 is 4.79 Å². The number of nitrogens with zero attached hydrogens (tertiary/aromatic N) is 3. The Labute approximate surface area is 141 Å². The lowest BCUT2D eigenvalue weighted by Crippen LogP contribution is -2.14. The Bertz CT molecular complexity index is 861. The quantitative estimate of drug-likeness (QED) is 0.760. The Balaban J connectivity index is 1.88. The molecule has 3 aromatic rings. The maximum atomic E-state index is 12.3. The molecule has 0 spiro atoms. The monoisotopic (exact) mass is 347 g/mol. The molecular weight excluding hydrogens is 337 g/mol. The van der Waals surface area contributed by atoms with E-state index in [1.165, 1.54) is 17.1 Å². The fourth-order valence-corrected chi connectivity index (χ4v) is 2.31. The fourth-order valence-electron chi connectivity index (χ4n) is 1.98. The number of carbonyl (C=O) groups is 1. The number of rotatable bonds is 3. The standard InChI is InChI=1S/C15H11Cl2N5O/c16-9-5-6-13(19-7-9)21-15(23)10-8-20-22(14(10)18)12-4-2-1-3-11(12)17/h1-8H,18H2,(H,19,21,23). The molecule has 1 aromatic carbocycles. The minimum atomic E-state index is -0.421. The summed E-state index contributed by atoms with van der Waals surface area (Å²) < 4.78 is 1.41. The minimum Gasteiger partial charge on any atom is -0.383 e. The first-order chi connectivity index (χ1) is 11.1. The zero-order valence-electron chi connectivity index (χ0n) is 11.7. The molecule has 3 rings (SSSR count). The van der Waals surface area contributed by atoms with E-state index in [1.807, 2.05) is 0 Å². The van der Waals surface area contributed by atoms with Crippen LogP contribution in [0.2, 0.25) is 10.0 Å². The van der Waals surface area contributed by atoms with E-state index in [9.17, 15) is 4.79 Å². The first-order valence-electron chi connectivity index (χ1n) is 6.57. The van der Waals surface area contributed by atoms with E-state index in [-0.39, 0.29) is 11.4 Å². The maximum Gasteiger partial charge on any atom is 0.262 e. The number of amides is 1. The number of aromatic nitrogens is 3. The molecule has 0 fully saturated rings. The average Bonchev–Trinajstić information content (AvgIpc) is 2.92. The number of nitrogens with one attached hydrogen (secondary N) is 1. The smallest absolute Gasteiger partial charge is 0.262 e. The van der Waals surface area contributed by atoms with Crippen molar-refractivity contribution in [2.24, 2.45) is 0 Å². The number of halogens is 2. The summed E-state index contributed by atoms with van der Waals surface area (Å²) in [5, 5.41) is 7.72. The predicted octanol–water partition coefficient (Wildman–Crippen LogP) is 3.41. The van der Waals surface area contributed by atoms with Crippen LogP contribution >= 0.6 is 23.2 Å². The highest BCUT2D eigenvalue weighted by atomic mass is 35.5. The van der Waals surface area contributed by atoms with Gasteiger partial charge in [0.1, 0.15) is 17.2 Å². The Hall–Kier alpha value is -2.57. The molecule has 0 radical (unpaired) electrons. The number of hydrogen-bond acceptors (Lipinski definition) is 4. The zero-order valence-corrected chi connectivity index (χ0v) is 13.2. The summed E-state index contributed by atoms with van der Waals surface area (Å²) in [4.78, 5) is 16.3. The summed E-state index contributed by atoms with van der Waals surface area (Å²) >= 11 is 11.9. The van der Waals surface area contributed by atoms with E-state index in [0.29, 0.717) is 21.6 Å². The Morgan fingerprint density at radius 3 is 2.61 bits per heavy atom. The molecule has 0 aliphatic carbocycles. The van der Waals surface area contributed by atoms with Crippen LogP contribution in [0.25, 0.3) is 5.69 Å². The van der Waals surface area contributed by atoms with Gasteiger partial charge < -0.3 is 11.1 Å². The molecule has 0 saturated carbocycles. The Kier molecular flexibility index (Phi) is 4.18. The molecule has 0 atom stereocenters. The van der Waals surface area contributed by atoms with Crippen molar-refractivity contribution in [3.8, 4) is 5.69 Å². The topological polar surface area (TPSA) is 85.8 Å². The lowest BCUT2D eigenvalue weighted by Gasteiger charge is -2.07. The number of carbonyl (C=O) groups excluding carboxylic acids is 1. The number of hydrogen-bond donors (Lipinski definition) is 2. The Morgan fingerprint density at radius 2 is 1.91 bits per heavy atom. The van der Waals surface area contributed by atoms with Gasteiger partial charge >= 0.3 is 0 Å². The molecule has 0 bridgehead atoms. The molecule has 0 aliphatic heterocycles. The summed E-state index contributed by atoms with van der Waals surface area (Å²) in [5.74, 6) is 0.129. The highest BCUT2D eigenvalue weighted by Crippen LogP contribution is 2.24. The number of nitrogens with two attached hydrogens (primary N) is 1. The second kappa shape index (κ2) is 6.28.